The summed E-state index contributed by atoms with van der Waals surface area (Å²) in [7, 11) is -3.60. The summed E-state index contributed by atoms with van der Waals surface area (Å²) in [5.74, 6) is 0.0881. The van der Waals surface area contributed by atoms with E-state index in [0.29, 0.717) is 39.3 Å². The lowest BCUT2D eigenvalue weighted by molar-refractivity contribution is -0.131. The van der Waals surface area contributed by atoms with E-state index in [1.165, 1.54) is 0 Å². The van der Waals surface area contributed by atoms with Crippen LogP contribution in [0.3, 0.4) is 0 Å². The molecule has 0 saturated carbocycles. The van der Waals surface area contributed by atoms with Crippen LogP contribution in [0.5, 0.6) is 0 Å². The standard InChI is InChI=1S/C19H44N2O3Si2/c1-18(2,3)25(7,8)23-15-13-21(17(22)11-12-20)14-16-24-26(9,10)19(4,5)6/h11-16,20H2,1-10H3. The van der Waals surface area contributed by atoms with Crippen molar-refractivity contribution in [3.05, 3.63) is 0 Å². The van der Waals surface area contributed by atoms with Crippen LogP contribution in [0.25, 0.3) is 0 Å². The predicted octanol–water partition coefficient (Wildman–Crippen LogP) is 4.21. The topological polar surface area (TPSA) is 64.8 Å². The highest BCUT2D eigenvalue weighted by atomic mass is 28.4. The predicted molar refractivity (Wildman–Crippen MR) is 117 cm³/mol. The molecular weight excluding hydrogens is 360 g/mol. The first kappa shape index (κ1) is 25.8. The number of nitrogens with two attached hydrogens (primary N) is 1. The molecule has 0 aromatic carbocycles. The quantitative estimate of drug-likeness (QED) is 0.554. The first-order valence-corrected chi connectivity index (χ1v) is 15.6. The van der Waals surface area contributed by atoms with Crippen molar-refractivity contribution in [3.63, 3.8) is 0 Å². The summed E-state index contributed by atoms with van der Waals surface area (Å²) in [5, 5.41) is 0.342. The minimum Gasteiger partial charge on any atom is -0.415 e. The van der Waals surface area contributed by atoms with Crippen LogP contribution in [-0.2, 0) is 13.6 Å². The minimum absolute atomic E-state index is 0.0881. The second-order valence-corrected chi connectivity index (χ2v) is 19.8. The highest BCUT2D eigenvalue weighted by Crippen LogP contribution is 2.37. The van der Waals surface area contributed by atoms with Gasteiger partial charge in [-0.3, -0.25) is 4.79 Å². The van der Waals surface area contributed by atoms with Crippen LogP contribution in [0.2, 0.25) is 36.3 Å². The van der Waals surface area contributed by atoms with Crippen LogP contribution in [0.4, 0.5) is 0 Å². The van der Waals surface area contributed by atoms with E-state index in [9.17, 15) is 4.79 Å². The first-order valence-electron chi connectivity index (χ1n) is 9.81. The Kier molecular flexibility index (Phi) is 9.74. The molecule has 0 unspecified atom stereocenters. The smallest absolute Gasteiger partial charge is 0.223 e. The van der Waals surface area contributed by atoms with Gasteiger partial charge in [0.1, 0.15) is 0 Å². The average Bonchev–Trinajstić information content (AvgIpc) is 2.43. The molecule has 0 aliphatic carbocycles. The van der Waals surface area contributed by atoms with Gasteiger partial charge < -0.3 is 19.5 Å². The Hall–Kier alpha value is -0.216. The Morgan fingerprint density at radius 3 is 1.46 bits per heavy atom. The van der Waals surface area contributed by atoms with E-state index in [0.717, 1.165) is 0 Å². The van der Waals surface area contributed by atoms with Gasteiger partial charge in [-0.2, -0.15) is 0 Å². The molecule has 0 heterocycles. The molecule has 0 fully saturated rings. The fraction of sp³-hybridized carbons (Fsp3) is 0.947. The first-order chi connectivity index (χ1) is 11.5. The van der Waals surface area contributed by atoms with Crippen molar-refractivity contribution >= 4 is 22.5 Å². The van der Waals surface area contributed by atoms with Crippen LogP contribution in [0.1, 0.15) is 48.0 Å². The highest BCUT2D eigenvalue weighted by molar-refractivity contribution is 6.74. The Balaban J connectivity index is 4.72. The van der Waals surface area contributed by atoms with E-state index < -0.39 is 16.6 Å². The lowest BCUT2D eigenvalue weighted by Crippen LogP contribution is -2.46. The SMILES string of the molecule is CC(C)(C)[Si](C)(C)OCCN(CCO[Si](C)(C)C(C)(C)C)C(=O)CCN. The van der Waals surface area contributed by atoms with Crippen molar-refractivity contribution < 1.29 is 13.6 Å². The van der Waals surface area contributed by atoms with Gasteiger partial charge in [0.2, 0.25) is 5.91 Å². The Morgan fingerprint density at radius 1 is 0.846 bits per heavy atom. The van der Waals surface area contributed by atoms with Crippen LogP contribution < -0.4 is 5.73 Å². The number of rotatable bonds is 10. The molecule has 0 spiro atoms. The maximum Gasteiger partial charge on any atom is 0.223 e. The molecule has 0 atom stereocenters. The largest absolute Gasteiger partial charge is 0.415 e. The van der Waals surface area contributed by atoms with Crippen LogP contribution in [-0.4, -0.2) is 60.3 Å². The number of amides is 1. The van der Waals surface area contributed by atoms with Crippen molar-refractivity contribution in [2.75, 3.05) is 32.8 Å². The maximum atomic E-state index is 12.4. The van der Waals surface area contributed by atoms with Gasteiger partial charge in [0.15, 0.2) is 16.6 Å². The van der Waals surface area contributed by atoms with Gasteiger partial charge in [0.25, 0.3) is 0 Å². The fourth-order valence-electron chi connectivity index (χ4n) is 1.90. The molecule has 0 aromatic heterocycles. The molecule has 26 heavy (non-hydrogen) atoms. The number of carbonyl (C=O) groups is 1. The third-order valence-corrected chi connectivity index (χ3v) is 15.0. The van der Waals surface area contributed by atoms with Gasteiger partial charge in [0, 0.05) is 26.1 Å². The summed E-state index contributed by atoms with van der Waals surface area (Å²) in [6.07, 6.45) is 0.375. The van der Waals surface area contributed by atoms with E-state index >= 15 is 0 Å². The lowest BCUT2D eigenvalue weighted by atomic mass is 10.2. The molecule has 7 heteroatoms. The van der Waals surface area contributed by atoms with Gasteiger partial charge in [0.05, 0.1) is 13.2 Å². The normalized spacial score (nSPS) is 13.8. The molecule has 1 amide bonds. The van der Waals surface area contributed by atoms with Crippen molar-refractivity contribution in [2.24, 2.45) is 5.73 Å². The molecule has 0 bridgehead atoms. The Morgan fingerprint density at radius 2 is 1.19 bits per heavy atom. The van der Waals surface area contributed by atoms with Gasteiger partial charge in [-0.15, -0.1) is 0 Å². The monoisotopic (exact) mass is 404 g/mol. The lowest BCUT2D eigenvalue weighted by Gasteiger charge is -2.38. The molecule has 0 aliphatic heterocycles. The molecule has 0 aromatic rings. The third-order valence-electron chi connectivity index (χ3n) is 5.97. The highest BCUT2D eigenvalue weighted by Gasteiger charge is 2.38. The van der Waals surface area contributed by atoms with Crippen molar-refractivity contribution in [1.82, 2.24) is 4.90 Å². The number of carbonyl (C=O) groups excluding carboxylic acids is 1. The molecule has 0 saturated heterocycles. The van der Waals surface area contributed by atoms with E-state index in [2.05, 4.69) is 67.7 Å². The Labute approximate surface area is 164 Å². The summed E-state index contributed by atoms with van der Waals surface area (Å²) in [5.41, 5.74) is 5.58. The zero-order chi connectivity index (χ0) is 20.8. The van der Waals surface area contributed by atoms with E-state index in [4.69, 9.17) is 14.6 Å². The van der Waals surface area contributed by atoms with E-state index in [-0.39, 0.29) is 16.0 Å². The van der Waals surface area contributed by atoms with Gasteiger partial charge in [-0.1, -0.05) is 41.5 Å². The van der Waals surface area contributed by atoms with E-state index in [1.807, 2.05) is 4.90 Å². The molecule has 5 nitrogen and oxygen atoms in total. The zero-order valence-corrected chi connectivity index (χ0v) is 21.0. The van der Waals surface area contributed by atoms with Crippen LogP contribution in [0.15, 0.2) is 0 Å². The van der Waals surface area contributed by atoms with Crippen molar-refractivity contribution in [1.29, 1.82) is 0 Å². The molecule has 0 rings (SSSR count). The minimum atomic E-state index is -1.80. The summed E-state index contributed by atoms with van der Waals surface area (Å²) < 4.78 is 12.5. The average molecular weight is 405 g/mol. The number of hydrogen-bond acceptors (Lipinski definition) is 4. The molecule has 0 radical (unpaired) electrons. The van der Waals surface area contributed by atoms with Gasteiger partial charge in [-0.05, 0) is 36.3 Å². The number of nitrogens with zero attached hydrogens (tertiary/aromatic N) is 1. The van der Waals surface area contributed by atoms with Gasteiger partial charge >= 0.3 is 0 Å². The summed E-state index contributed by atoms with van der Waals surface area (Å²) in [6, 6.07) is 0. The molecule has 2 N–H and O–H groups in total. The zero-order valence-electron chi connectivity index (χ0n) is 19.0. The molecule has 156 valence electrons. The Bertz CT molecular complexity index is 409. The van der Waals surface area contributed by atoms with Crippen molar-refractivity contribution in [3.8, 4) is 0 Å². The van der Waals surface area contributed by atoms with Crippen molar-refractivity contribution in [2.45, 2.75) is 84.2 Å². The number of hydrogen-bond donors (Lipinski definition) is 1. The second-order valence-electron chi connectivity index (χ2n) is 10.1. The summed E-state index contributed by atoms with van der Waals surface area (Å²) in [4.78, 5) is 14.3. The summed E-state index contributed by atoms with van der Waals surface area (Å²) in [6.45, 7) is 25.0. The van der Waals surface area contributed by atoms with E-state index in [1.54, 1.807) is 0 Å². The van der Waals surface area contributed by atoms with Gasteiger partial charge in [-0.25, -0.2) is 0 Å². The second kappa shape index (κ2) is 9.82. The molecule has 0 aliphatic rings. The molecular formula is C19H44N2O3Si2. The van der Waals surface area contributed by atoms with Crippen LogP contribution >= 0.6 is 0 Å². The summed E-state index contributed by atoms with van der Waals surface area (Å²) >= 11 is 0. The third kappa shape index (κ3) is 8.21. The maximum absolute atomic E-state index is 12.4. The fourth-order valence-corrected chi connectivity index (χ4v) is 3.97. The van der Waals surface area contributed by atoms with Crippen LogP contribution in [0, 0.1) is 0 Å².